The highest BCUT2D eigenvalue weighted by molar-refractivity contribution is 9.10. The summed E-state index contributed by atoms with van der Waals surface area (Å²) in [6.45, 7) is 2.26. The Hall–Kier alpha value is -0.530. The van der Waals surface area contributed by atoms with Crippen molar-refractivity contribution in [1.29, 1.82) is 5.26 Å². The van der Waals surface area contributed by atoms with Crippen LogP contribution in [-0.2, 0) is 0 Å². The molecule has 0 unspecified atom stereocenters. The molecule has 4 heteroatoms. The van der Waals surface area contributed by atoms with Crippen molar-refractivity contribution >= 4 is 32.3 Å². The first-order valence-corrected chi connectivity index (χ1v) is 6.36. The van der Waals surface area contributed by atoms with Gasteiger partial charge < -0.3 is 4.90 Å². The summed E-state index contributed by atoms with van der Waals surface area (Å²) in [5.41, 5.74) is 0. The predicted octanol–water partition coefficient (Wildman–Crippen LogP) is 3.37. The van der Waals surface area contributed by atoms with E-state index in [9.17, 15) is 0 Å². The quantitative estimate of drug-likeness (QED) is 0.783. The lowest BCUT2D eigenvalue weighted by molar-refractivity contribution is 0.580. The van der Waals surface area contributed by atoms with E-state index in [1.54, 1.807) is 11.3 Å². The SMILES string of the molecule is N#Cc1cc(Br)c(N2CCCCC2)s1. The van der Waals surface area contributed by atoms with E-state index in [-0.39, 0.29) is 0 Å². The van der Waals surface area contributed by atoms with Crippen LogP contribution in [0, 0.1) is 11.3 Å². The zero-order valence-electron chi connectivity index (χ0n) is 7.79. The molecule has 1 aromatic rings. The van der Waals surface area contributed by atoms with Gasteiger partial charge in [0.1, 0.15) is 15.9 Å². The largest absolute Gasteiger partial charge is 0.362 e. The summed E-state index contributed by atoms with van der Waals surface area (Å²) in [5, 5.41) is 10.0. The highest BCUT2D eigenvalue weighted by atomic mass is 79.9. The molecule has 0 saturated carbocycles. The average Bonchev–Trinajstić information content (AvgIpc) is 2.61. The van der Waals surface area contributed by atoms with E-state index in [0.29, 0.717) is 0 Å². The average molecular weight is 271 g/mol. The van der Waals surface area contributed by atoms with E-state index in [1.165, 1.54) is 24.3 Å². The fourth-order valence-corrected chi connectivity index (χ4v) is 3.50. The molecule has 0 aliphatic carbocycles. The number of hydrogen-bond donors (Lipinski definition) is 0. The Bertz CT molecular complexity index is 361. The Balaban J connectivity index is 2.22. The minimum Gasteiger partial charge on any atom is -0.362 e. The lowest BCUT2D eigenvalue weighted by Gasteiger charge is -2.27. The van der Waals surface area contributed by atoms with E-state index >= 15 is 0 Å². The third-order valence-electron chi connectivity index (χ3n) is 2.42. The smallest absolute Gasteiger partial charge is 0.110 e. The topological polar surface area (TPSA) is 27.0 Å². The summed E-state index contributed by atoms with van der Waals surface area (Å²) in [6.07, 6.45) is 3.88. The van der Waals surface area contributed by atoms with Gasteiger partial charge in [0.25, 0.3) is 0 Å². The number of nitriles is 1. The van der Waals surface area contributed by atoms with Crippen molar-refractivity contribution in [2.75, 3.05) is 18.0 Å². The molecule has 14 heavy (non-hydrogen) atoms. The second-order valence-corrected chi connectivity index (χ2v) is 5.31. The zero-order valence-corrected chi connectivity index (χ0v) is 10.2. The molecule has 1 aliphatic heterocycles. The Labute approximate surface area is 96.3 Å². The number of nitrogens with zero attached hydrogens (tertiary/aromatic N) is 2. The van der Waals surface area contributed by atoms with E-state index in [4.69, 9.17) is 5.26 Å². The summed E-state index contributed by atoms with van der Waals surface area (Å²) < 4.78 is 1.07. The third-order valence-corrected chi connectivity index (χ3v) is 4.39. The van der Waals surface area contributed by atoms with Gasteiger partial charge in [-0.2, -0.15) is 5.26 Å². The van der Waals surface area contributed by atoms with Crippen molar-refractivity contribution in [2.24, 2.45) is 0 Å². The monoisotopic (exact) mass is 270 g/mol. The van der Waals surface area contributed by atoms with E-state index in [1.807, 2.05) is 6.07 Å². The summed E-state index contributed by atoms with van der Waals surface area (Å²) in [6, 6.07) is 4.10. The van der Waals surface area contributed by atoms with Crippen LogP contribution >= 0.6 is 27.3 Å². The van der Waals surface area contributed by atoms with Crippen LogP contribution in [-0.4, -0.2) is 13.1 Å². The summed E-state index contributed by atoms with van der Waals surface area (Å²) in [5.74, 6) is 0. The summed E-state index contributed by atoms with van der Waals surface area (Å²) in [7, 11) is 0. The molecular weight excluding hydrogens is 260 g/mol. The van der Waals surface area contributed by atoms with Gasteiger partial charge in [0.15, 0.2) is 0 Å². The van der Waals surface area contributed by atoms with Crippen molar-refractivity contribution in [3.63, 3.8) is 0 Å². The number of anilines is 1. The molecule has 0 N–H and O–H groups in total. The molecule has 0 radical (unpaired) electrons. The standard InChI is InChI=1S/C10H11BrN2S/c11-9-6-8(7-12)14-10(9)13-4-2-1-3-5-13/h6H,1-5H2. The molecular formula is C10H11BrN2S. The highest BCUT2D eigenvalue weighted by Gasteiger charge is 2.16. The molecule has 1 aliphatic rings. The second-order valence-electron chi connectivity index (χ2n) is 3.42. The molecule has 2 heterocycles. The van der Waals surface area contributed by atoms with Crippen LogP contribution in [0.4, 0.5) is 5.00 Å². The van der Waals surface area contributed by atoms with Gasteiger partial charge >= 0.3 is 0 Å². The molecule has 0 aromatic carbocycles. The number of piperidine rings is 1. The zero-order chi connectivity index (χ0) is 9.97. The molecule has 0 bridgehead atoms. The van der Waals surface area contributed by atoms with Crippen molar-refractivity contribution in [3.8, 4) is 6.07 Å². The fraction of sp³-hybridized carbons (Fsp3) is 0.500. The van der Waals surface area contributed by atoms with Crippen molar-refractivity contribution in [2.45, 2.75) is 19.3 Å². The molecule has 0 atom stereocenters. The van der Waals surface area contributed by atoms with Crippen LogP contribution in [0.3, 0.4) is 0 Å². The second kappa shape index (κ2) is 4.33. The predicted molar refractivity (Wildman–Crippen MR) is 62.8 cm³/mol. The van der Waals surface area contributed by atoms with Crippen LogP contribution in [0.1, 0.15) is 24.1 Å². The first-order chi connectivity index (χ1) is 6.81. The first kappa shape index (κ1) is 10.0. The van der Waals surface area contributed by atoms with Gasteiger partial charge in [-0.1, -0.05) is 0 Å². The highest BCUT2D eigenvalue weighted by Crippen LogP contribution is 2.36. The third kappa shape index (κ3) is 1.94. The molecule has 0 amide bonds. The van der Waals surface area contributed by atoms with Gasteiger partial charge in [-0.3, -0.25) is 0 Å². The lowest BCUT2D eigenvalue weighted by atomic mass is 10.1. The van der Waals surface area contributed by atoms with Crippen LogP contribution in [0.5, 0.6) is 0 Å². The maximum absolute atomic E-state index is 8.79. The molecule has 2 nitrogen and oxygen atoms in total. The van der Waals surface area contributed by atoms with Gasteiger partial charge in [-0.15, -0.1) is 11.3 Å². The number of thiophene rings is 1. The van der Waals surface area contributed by atoms with E-state index in [2.05, 4.69) is 26.9 Å². The van der Waals surface area contributed by atoms with E-state index < -0.39 is 0 Å². The summed E-state index contributed by atoms with van der Waals surface area (Å²) in [4.78, 5) is 3.16. The van der Waals surface area contributed by atoms with Gasteiger partial charge in [-0.05, 0) is 41.3 Å². The molecule has 2 rings (SSSR count). The van der Waals surface area contributed by atoms with Gasteiger partial charge in [-0.25, -0.2) is 0 Å². The van der Waals surface area contributed by atoms with Gasteiger partial charge in [0.2, 0.25) is 0 Å². The first-order valence-electron chi connectivity index (χ1n) is 4.75. The Morgan fingerprint density at radius 3 is 2.64 bits per heavy atom. The number of hydrogen-bond acceptors (Lipinski definition) is 3. The Kier molecular flexibility index (Phi) is 3.09. The molecule has 74 valence electrons. The van der Waals surface area contributed by atoms with Crippen LogP contribution in [0.2, 0.25) is 0 Å². The maximum Gasteiger partial charge on any atom is 0.110 e. The van der Waals surface area contributed by atoms with Crippen molar-refractivity contribution in [3.05, 3.63) is 15.4 Å². The minimum atomic E-state index is 0.789. The minimum absolute atomic E-state index is 0.789. The maximum atomic E-state index is 8.79. The Morgan fingerprint density at radius 1 is 1.36 bits per heavy atom. The summed E-state index contributed by atoms with van der Waals surface area (Å²) >= 11 is 5.10. The molecule has 1 saturated heterocycles. The van der Waals surface area contributed by atoms with Gasteiger partial charge in [0.05, 0.1) is 4.47 Å². The van der Waals surface area contributed by atoms with Crippen LogP contribution in [0.25, 0.3) is 0 Å². The fourth-order valence-electron chi connectivity index (χ4n) is 1.73. The van der Waals surface area contributed by atoms with Crippen LogP contribution in [0.15, 0.2) is 10.5 Å². The number of halogens is 1. The normalized spacial score (nSPS) is 16.7. The Morgan fingerprint density at radius 2 is 2.07 bits per heavy atom. The van der Waals surface area contributed by atoms with Crippen molar-refractivity contribution < 1.29 is 0 Å². The molecule has 1 fully saturated rings. The van der Waals surface area contributed by atoms with Gasteiger partial charge in [0, 0.05) is 13.1 Å². The van der Waals surface area contributed by atoms with E-state index in [0.717, 1.165) is 22.4 Å². The number of rotatable bonds is 1. The van der Waals surface area contributed by atoms with Crippen molar-refractivity contribution in [1.82, 2.24) is 0 Å². The lowest BCUT2D eigenvalue weighted by Crippen LogP contribution is -2.28. The molecule has 0 spiro atoms. The van der Waals surface area contributed by atoms with Crippen LogP contribution < -0.4 is 4.90 Å². The molecule has 1 aromatic heterocycles.